The van der Waals surface area contributed by atoms with Crippen molar-refractivity contribution in [2.24, 2.45) is 5.92 Å². The first kappa shape index (κ1) is 23.0. The number of likely N-dealkylation sites (tertiary alicyclic amines) is 1. The van der Waals surface area contributed by atoms with Crippen molar-refractivity contribution >= 4 is 11.2 Å². The van der Waals surface area contributed by atoms with Crippen molar-refractivity contribution in [3.63, 3.8) is 0 Å². The molecule has 3 fully saturated rings. The van der Waals surface area contributed by atoms with Gasteiger partial charge < -0.3 is 4.98 Å². The summed E-state index contributed by atoms with van der Waals surface area (Å²) in [6.07, 6.45) is 17.1. The van der Waals surface area contributed by atoms with Gasteiger partial charge in [0.05, 0.1) is 11.6 Å². The Morgan fingerprint density at radius 1 is 0.946 bits per heavy atom. The van der Waals surface area contributed by atoms with Crippen LogP contribution < -0.4 is 10.9 Å². The van der Waals surface area contributed by atoms with Crippen molar-refractivity contribution in [3.05, 3.63) is 72.2 Å². The van der Waals surface area contributed by atoms with E-state index in [4.69, 9.17) is 4.98 Å². The number of imidazole rings is 1. The standard InChI is InChI=1S/C29H34N8/c1-2-11-37(12-3-1)18-19-13-22(17-31-15-19)20-6-7-25-24(14-20)27(36-35-25)29-33-26-23(8-10-32-28(26)34-29)21-5-4-9-30-16-21/h4-5,8-10,13,15-17,20,24-25,27,35-36H,1-3,6-7,11-12,14,18H2,(H,32,33,34). The molecule has 4 aromatic rings. The smallest absolute Gasteiger partial charge is 0.178 e. The molecule has 37 heavy (non-hydrogen) atoms. The zero-order chi connectivity index (χ0) is 24.6. The van der Waals surface area contributed by atoms with Gasteiger partial charge in [-0.2, -0.15) is 0 Å². The maximum absolute atomic E-state index is 4.94. The molecule has 4 aromatic heterocycles. The Morgan fingerprint density at radius 3 is 2.78 bits per heavy atom. The molecule has 3 aliphatic rings. The molecule has 2 saturated heterocycles. The average molecular weight is 495 g/mol. The molecule has 1 saturated carbocycles. The molecule has 4 unspecified atom stereocenters. The van der Waals surface area contributed by atoms with Crippen LogP contribution in [0, 0.1) is 5.92 Å². The van der Waals surface area contributed by atoms with Crippen molar-refractivity contribution in [1.29, 1.82) is 0 Å². The summed E-state index contributed by atoms with van der Waals surface area (Å²) in [4.78, 5) is 24.7. The molecular weight excluding hydrogens is 460 g/mol. The maximum atomic E-state index is 4.94. The fourth-order valence-corrected chi connectivity index (χ4v) is 6.66. The van der Waals surface area contributed by atoms with Crippen molar-refractivity contribution in [1.82, 2.24) is 40.7 Å². The van der Waals surface area contributed by atoms with E-state index in [2.05, 4.69) is 60.2 Å². The normalized spacial score (nSPS) is 26.4. The van der Waals surface area contributed by atoms with E-state index in [1.165, 1.54) is 49.9 Å². The number of hydrogen-bond acceptors (Lipinski definition) is 7. The highest BCUT2D eigenvalue weighted by molar-refractivity contribution is 5.89. The molecule has 0 bridgehead atoms. The minimum Gasteiger partial charge on any atom is -0.339 e. The molecule has 1 aliphatic carbocycles. The highest BCUT2D eigenvalue weighted by Crippen LogP contribution is 2.44. The van der Waals surface area contributed by atoms with Crippen LogP contribution in [-0.4, -0.2) is 49.0 Å². The summed E-state index contributed by atoms with van der Waals surface area (Å²) in [6.45, 7) is 3.45. The van der Waals surface area contributed by atoms with Gasteiger partial charge in [-0.05, 0) is 80.3 Å². The van der Waals surface area contributed by atoms with E-state index in [9.17, 15) is 0 Å². The molecule has 7 rings (SSSR count). The fourth-order valence-electron chi connectivity index (χ4n) is 6.66. The van der Waals surface area contributed by atoms with E-state index in [1.54, 1.807) is 6.20 Å². The van der Waals surface area contributed by atoms with Crippen molar-refractivity contribution in [2.75, 3.05) is 13.1 Å². The first-order chi connectivity index (χ1) is 18.3. The van der Waals surface area contributed by atoms with E-state index in [-0.39, 0.29) is 6.04 Å². The van der Waals surface area contributed by atoms with Crippen LogP contribution in [0.5, 0.6) is 0 Å². The number of piperidine rings is 1. The zero-order valence-electron chi connectivity index (χ0n) is 21.1. The maximum Gasteiger partial charge on any atom is 0.178 e. The third kappa shape index (κ3) is 4.54. The second-order valence-corrected chi connectivity index (χ2v) is 10.9. The molecule has 190 valence electrons. The van der Waals surface area contributed by atoms with Gasteiger partial charge in [-0.3, -0.25) is 20.3 Å². The lowest BCUT2D eigenvalue weighted by Crippen LogP contribution is -2.34. The van der Waals surface area contributed by atoms with Crippen molar-refractivity contribution < 1.29 is 0 Å². The quantitative estimate of drug-likeness (QED) is 0.376. The lowest BCUT2D eigenvalue weighted by atomic mass is 9.73. The first-order valence-electron chi connectivity index (χ1n) is 13.7. The molecule has 0 radical (unpaired) electrons. The summed E-state index contributed by atoms with van der Waals surface area (Å²) in [5.41, 5.74) is 13.8. The predicted octanol–water partition coefficient (Wildman–Crippen LogP) is 4.50. The summed E-state index contributed by atoms with van der Waals surface area (Å²) in [6, 6.07) is 9.06. The Hall–Kier alpha value is -3.20. The third-order valence-corrected chi connectivity index (χ3v) is 8.57. The van der Waals surface area contributed by atoms with Gasteiger partial charge in [0.1, 0.15) is 5.82 Å². The van der Waals surface area contributed by atoms with Gasteiger partial charge in [0.15, 0.2) is 5.65 Å². The van der Waals surface area contributed by atoms with E-state index < -0.39 is 0 Å². The van der Waals surface area contributed by atoms with Crippen LogP contribution in [-0.2, 0) is 6.54 Å². The highest BCUT2D eigenvalue weighted by atomic mass is 15.4. The average Bonchev–Trinajstić information content (AvgIpc) is 3.58. The Kier molecular flexibility index (Phi) is 6.16. The number of H-pyrrole nitrogens is 1. The van der Waals surface area contributed by atoms with E-state index in [1.807, 2.05) is 24.5 Å². The molecule has 3 N–H and O–H groups in total. The lowest BCUT2D eigenvalue weighted by Gasteiger charge is -2.33. The largest absolute Gasteiger partial charge is 0.339 e. The lowest BCUT2D eigenvalue weighted by molar-refractivity contribution is 0.220. The summed E-state index contributed by atoms with van der Waals surface area (Å²) >= 11 is 0. The Morgan fingerprint density at radius 2 is 1.89 bits per heavy atom. The number of rotatable bonds is 5. The Bertz CT molecular complexity index is 1360. The van der Waals surface area contributed by atoms with E-state index >= 15 is 0 Å². The zero-order valence-corrected chi connectivity index (χ0v) is 21.1. The Labute approximate surface area is 217 Å². The van der Waals surface area contributed by atoms with Gasteiger partial charge in [-0.25, -0.2) is 15.4 Å². The number of fused-ring (bicyclic) bond motifs is 2. The Balaban J connectivity index is 1.12. The summed E-state index contributed by atoms with van der Waals surface area (Å²) in [5, 5.41) is 0. The molecule has 0 amide bonds. The fraction of sp³-hybridized carbons (Fsp3) is 0.448. The van der Waals surface area contributed by atoms with Crippen LogP contribution in [0.15, 0.2) is 55.2 Å². The molecule has 6 heterocycles. The van der Waals surface area contributed by atoms with Gasteiger partial charge in [0, 0.05) is 54.7 Å². The van der Waals surface area contributed by atoms with Crippen LogP contribution >= 0.6 is 0 Å². The van der Waals surface area contributed by atoms with Crippen LogP contribution in [0.25, 0.3) is 22.3 Å². The van der Waals surface area contributed by atoms with Crippen LogP contribution in [0.1, 0.15) is 67.4 Å². The molecule has 0 aromatic carbocycles. The number of nitrogens with zero attached hydrogens (tertiary/aromatic N) is 5. The third-order valence-electron chi connectivity index (χ3n) is 8.57. The minimum absolute atomic E-state index is 0.119. The van der Waals surface area contributed by atoms with Gasteiger partial charge in [0.2, 0.25) is 0 Å². The molecule has 4 atom stereocenters. The van der Waals surface area contributed by atoms with E-state index in [0.717, 1.165) is 47.5 Å². The van der Waals surface area contributed by atoms with E-state index in [0.29, 0.717) is 17.9 Å². The number of nitrogens with one attached hydrogen (secondary N) is 3. The number of hydrogen-bond donors (Lipinski definition) is 3. The number of aromatic nitrogens is 5. The topological polar surface area (TPSA) is 94.7 Å². The summed E-state index contributed by atoms with van der Waals surface area (Å²) in [5.74, 6) is 1.93. The molecule has 2 aliphatic heterocycles. The molecular formula is C29H34N8. The van der Waals surface area contributed by atoms with Crippen LogP contribution in [0.3, 0.4) is 0 Å². The highest BCUT2D eigenvalue weighted by Gasteiger charge is 2.42. The van der Waals surface area contributed by atoms with Crippen molar-refractivity contribution in [3.8, 4) is 11.1 Å². The van der Waals surface area contributed by atoms with Gasteiger partial charge in [-0.15, -0.1) is 0 Å². The summed E-state index contributed by atoms with van der Waals surface area (Å²) < 4.78 is 0. The monoisotopic (exact) mass is 494 g/mol. The second-order valence-electron chi connectivity index (χ2n) is 10.9. The minimum atomic E-state index is 0.119. The predicted molar refractivity (Wildman–Crippen MR) is 143 cm³/mol. The van der Waals surface area contributed by atoms with Gasteiger partial charge >= 0.3 is 0 Å². The SMILES string of the molecule is c1cncc(-c2ccnc3nc(C4NNC5CCC(c6cncc(CN7CCCCC7)c6)CC54)[nH]c23)c1. The number of aromatic amines is 1. The van der Waals surface area contributed by atoms with Crippen LogP contribution in [0.4, 0.5) is 0 Å². The number of pyridine rings is 3. The number of hydrazine groups is 1. The first-order valence-corrected chi connectivity index (χ1v) is 13.7. The second kappa shape index (κ2) is 9.93. The molecule has 8 nitrogen and oxygen atoms in total. The van der Waals surface area contributed by atoms with Gasteiger partial charge in [-0.1, -0.05) is 18.6 Å². The van der Waals surface area contributed by atoms with Crippen molar-refractivity contribution in [2.45, 2.75) is 63.1 Å². The van der Waals surface area contributed by atoms with Crippen LogP contribution in [0.2, 0.25) is 0 Å². The van der Waals surface area contributed by atoms with Gasteiger partial charge in [0.25, 0.3) is 0 Å². The summed E-state index contributed by atoms with van der Waals surface area (Å²) in [7, 11) is 0. The molecule has 8 heteroatoms. The molecule has 0 spiro atoms.